The molecular weight excluding hydrogens is 510 g/mol. The van der Waals surface area contributed by atoms with Gasteiger partial charge in [0, 0.05) is 34.5 Å². The van der Waals surface area contributed by atoms with Crippen LogP contribution < -0.4 is 10.6 Å². The highest BCUT2D eigenvalue weighted by Gasteiger charge is 2.30. The molecule has 3 aromatic rings. The highest BCUT2D eigenvalue weighted by atomic mass is 32.2. The number of carbonyl (C=O) groups excluding carboxylic acids is 4. The standard InChI is InChI=1S/C27H27N3O5S2/c1-16-6-4-7-18(12-16)25(33)28-19-8-5-9-20(13-19)36-15-23(32)29-26-24(27(34)35-3)21-10-11-30(17(2)31)14-22(21)37-26/h4-9,12-13H,10-11,14-15H2,1-3H3,(H,28,33)(H,29,32). The van der Waals surface area contributed by atoms with Gasteiger partial charge in [0.2, 0.25) is 11.8 Å². The van der Waals surface area contributed by atoms with Gasteiger partial charge in [0.1, 0.15) is 5.00 Å². The number of anilines is 2. The lowest BCUT2D eigenvalue weighted by molar-refractivity contribution is -0.129. The van der Waals surface area contributed by atoms with Crippen LogP contribution in [-0.2, 0) is 27.3 Å². The molecule has 0 saturated carbocycles. The average molecular weight is 538 g/mol. The van der Waals surface area contributed by atoms with Crippen molar-refractivity contribution < 1.29 is 23.9 Å². The topological polar surface area (TPSA) is 105 Å². The maximum absolute atomic E-state index is 12.8. The summed E-state index contributed by atoms with van der Waals surface area (Å²) >= 11 is 2.62. The van der Waals surface area contributed by atoms with Crippen LogP contribution in [0.25, 0.3) is 0 Å². The van der Waals surface area contributed by atoms with Gasteiger partial charge in [-0.3, -0.25) is 14.4 Å². The van der Waals surface area contributed by atoms with Gasteiger partial charge in [-0.2, -0.15) is 0 Å². The van der Waals surface area contributed by atoms with Crippen molar-refractivity contribution in [3.63, 3.8) is 0 Å². The lowest BCUT2D eigenvalue weighted by Crippen LogP contribution is -2.33. The number of benzene rings is 2. The molecule has 0 atom stereocenters. The lowest BCUT2D eigenvalue weighted by atomic mass is 10.0. The van der Waals surface area contributed by atoms with Crippen LogP contribution in [0.1, 0.15) is 43.6 Å². The van der Waals surface area contributed by atoms with Gasteiger partial charge in [-0.15, -0.1) is 23.1 Å². The molecule has 0 aliphatic carbocycles. The number of esters is 1. The molecule has 0 radical (unpaired) electrons. The molecule has 0 bridgehead atoms. The number of fused-ring (bicyclic) bond motifs is 1. The third-order valence-corrected chi connectivity index (χ3v) is 8.01. The Morgan fingerprint density at radius 3 is 2.59 bits per heavy atom. The van der Waals surface area contributed by atoms with Crippen LogP contribution in [0.4, 0.5) is 10.7 Å². The second-order valence-corrected chi connectivity index (χ2v) is 10.7. The number of nitrogens with zero attached hydrogens (tertiary/aromatic N) is 1. The normalized spacial score (nSPS) is 12.5. The van der Waals surface area contributed by atoms with Crippen LogP contribution in [0, 0.1) is 6.92 Å². The number of amides is 3. The quantitative estimate of drug-likeness (QED) is 0.334. The Kier molecular flexibility index (Phi) is 8.30. The van der Waals surface area contributed by atoms with E-state index in [-0.39, 0.29) is 23.5 Å². The molecule has 192 valence electrons. The number of thioether (sulfide) groups is 1. The Morgan fingerprint density at radius 2 is 1.86 bits per heavy atom. The molecule has 0 fully saturated rings. The highest BCUT2D eigenvalue weighted by molar-refractivity contribution is 8.00. The first-order chi connectivity index (χ1) is 17.7. The molecule has 1 aliphatic rings. The first-order valence-corrected chi connectivity index (χ1v) is 13.4. The molecule has 10 heteroatoms. The van der Waals surface area contributed by atoms with Gasteiger partial charge < -0.3 is 20.3 Å². The molecule has 2 N–H and O–H groups in total. The Hall–Kier alpha value is -3.63. The molecule has 0 saturated heterocycles. The summed E-state index contributed by atoms with van der Waals surface area (Å²) in [5.41, 5.74) is 3.40. The molecule has 1 aliphatic heterocycles. The Bertz CT molecular complexity index is 1370. The van der Waals surface area contributed by atoms with Crippen molar-refractivity contribution >= 4 is 57.5 Å². The second-order valence-electron chi connectivity index (χ2n) is 8.58. The summed E-state index contributed by atoms with van der Waals surface area (Å²) in [6, 6.07) is 14.6. The van der Waals surface area contributed by atoms with E-state index in [2.05, 4.69) is 10.6 Å². The molecule has 8 nitrogen and oxygen atoms in total. The van der Waals surface area contributed by atoms with E-state index in [0.29, 0.717) is 41.3 Å². The zero-order valence-corrected chi connectivity index (χ0v) is 22.4. The summed E-state index contributed by atoms with van der Waals surface area (Å²) in [5.74, 6) is -0.903. The Balaban J connectivity index is 1.41. The van der Waals surface area contributed by atoms with Crippen molar-refractivity contribution in [1.82, 2.24) is 4.90 Å². The van der Waals surface area contributed by atoms with Gasteiger partial charge in [0.15, 0.2) is 0 Å². The molecule has 4 rings (SSSR count). The number of hydrogen-bond acceptors (Lipinski definition) is 7. The zero-order valence-electron chi connectivity index (χ0n) is 20.8. The summed E-state index contributed by atoms with van der Waals surface area (Å²) in [6.07, 6.45) is 0.529. The van der Waals surface area contributed by atoms with E-state index < -0.39 is 5.97 Å². The lowest BCUT2D eigenvalue weighted by Gasteiger charge is -2.25. The number of ether oxygens (including phenoxy) is 1. The average Bonchev–Trinajstić information content (AvgIpc) is 3.24. The Labute approximate surface area is 223 Å². The van der Waals surface area contributed by atoms with E-state index >= 15 is 0 Å². The van der Waals surface area contributed by atoms with Gasteiger partial charge in [-0.1, -0.05) is 23.8 Å². The molecule has 0 unspecified atom stereocenters. The van der Waals surface area contributed by atoms with E-state index in [1.165, 1.54) is 37.1 Å². The second kappa shape index (κ2) is 11.6. The molecule has 2 heterocycles. The van der Waals surface area contributed by atoms with Crippen LogP contribution in [-0.4, -0.2) is 48.0 Å². The minimum Gasteiger partial charge on any atom is -0.465 e. The van der Waals surface area contributed by atoms with Gasteiger partial charge >= 0.3 is 5.97 Å². The van der Waals surface area contributed by atoms with E-state index in [0.717, 1.165) is 20.9 Å². The third kappa shape index (κ3) is 6.39. The predicted octanol–water partition coefficient (Wildman–Crippen LogP) is 4.73. The van der Waals surface area contributed by atoms with Crippen molar-refractivity contribution in [1.29, 1.82) is 0 Å². The van der Waals surface area contributed by atoms with Crippen LogP contribution in [0.2, 0.25) is 0 Å². The number of rotatable bonds is 7. The Morgan fingerprint density at radius 1 is 1.08 bits per heavy atom. The summed E-state index contributed by atoms with van der Waals surface area (Å²) in [7, 11) is 1.31. The van der Waals surface area contributed by atoms with Gasteiger partial charge in [0.05, 0.1) is 25.0 Å². The van der Waals surface area contributed by atoms with Crippen molar-refractivity contribution in [2.24, 2.45) is 0 Å². The molecule has 1 aromatic heterocycles. The first kappa shape index (κ1) is 26.4. The van der Waals surface area contributed by atoms with E-state index in [4.69, 9.17) is 4.74 Å². The molecule has 3 amide bonds. The predicted molar refractivity (Wildman–Crippen MR) is 145 cm³/mol. The monoisotopic (exact) mass is 537 g/mol. The number of methoxy groups -OCH3 is 1. The largest absolute Gasteiger partial charge is 0.465 e. The molecule has 2 aromatic carbocycles. The summed E-state index contributed by atoms with van der Waals surface area (Å²) in [4.78, 5) is 53.1. The van der Waals surface area contributed by atoms with Gasteiger partial charge in [-0.05, 0) is 49.2 Å². The van der Waals surface area contributed by atoms with Crippen molar-refractivity contribution in [3.8, 4) is 0 Å². The summed E-state index contributed by atoms with van der Waals surface area (Å²) < 4.78 is 4.97. The first-order valence-electron chi connectivity index (χ1n) is 11.6. The van der Waals surface area contributed by atoms with Crippen LogP contribution in [0.5, 0.6) is 0 Å². The smallest absolute Gasteiger partial charge is 0.341 e. The summed E-state index contributed by atoms with van der Waals surface area (Å²) in [5, 5.41) is 6.18. The number of nitrogens with one attached hydrogen (secondary N) is 2. The van der Waals surface area contributed by atoms with Gasteiger partial charge in [0.25, 0.3) is 5.91 Å². The third-order valence-electron chi connectivity index (χ3n) is 5.89. The van der Waals surface area contributed by atoms with Crippen LogP contribution >= 0.6 is 23.1 Å². The van der Waals surface area contributed by atoms with Crippen molar-refractivity contribution in [2.45, 2.75) is 31.7 Å². The zero-order chi connectivity index (χ0) is 26.5. The molecule has 37 heavy (non-hydrogen) atoms. The highest BCUT2D eigenvalue weighted by Crippen LogP contribution is 2.38. The maximum Gasteiger partial charge on any atom is 0.341 e. The van der Waals surface area contributed by atoms with Crippen LogP contribution in [0.3, 0.4) is 0 Å². The SMILES string of the molecule is COC(=O)c1c(NC(=O)CSc2cccc(NC(=O)c3cccc(C)c3)c2)sc2c1CCN(C(C)=O)C2. The minimum atomic E-state index is -0.506. The summed E-state index contributed by atoms with van der Waals surface area (Å²) in [6.45, 7) is 4.37. The fraction of sp³-hybridized carbons (Fsp3) is 0.259. The molecular formula is C27H27N3O5S2. The number of aryl methyl sites for hydroxylation is 1. The number of thiophene rings is 1. The molecule has 0 spiro atoms. The van der Waals surface area contributed by atoms with E-state index in [9.17, 15) is 19.2 Å². The fourth-order valence-electron chi connectivity index (χ4n) is 4.04. The minimum absolute atomic E-state index is 0.0297. The number of hydrogen-bond donors (Lipinski definition) is 2. The fourth-order valence-corrected chi connectivity index (χ4v) is 6.07. The van der Waals surface area contributed by atoms with Crippen molar-refractivity contribution in [3.05, 3.63) is 75.7 Å². The van der Waals surface area contributed by atoms with E-state index in [1.807, 2.05) is 43.3 Å². The maximum atomic E-state index is 12.8. The number of carbonyl (C=O) groups is 4. The van der Waals surface area contributed by atoms with Crippen LogP contribution in [0.15, 0.2) is 53.4 Å². The van der Waals surface area contributed by atoms with Crippen molar-refractivity contribution in [2.75, 3.05) is 30.0 Å². The van der Waals surface area contributed by atoms with E-state index in [1.54, 1.807) is 17.0 Å². The van der Waals surface area contributed by atoms with Gasteiger partial charge in [-0.25, -0.2) is 4.79 Å².